The van der Waals surface area contributed by atoms with Crippen molar-refractivity contribution >= 4 is 17.6 Å². The van der Waals surface area contributed by atoms with Gasteiger partial charge in [-0.25, -0.2) is 4.79 Å². The highest BCUT2D eigenvalue weighted by Gasteiger charge is 2.11. The standard InChI is InChI=1S/C15H22N2O3/c1-4-5-10-20-15(19)12-6-8-13(9-7-12)17-14(18)11(2)16-3/h6-9,11,16H,4-5,10H2,1-3H3,(H,17,18). The number of carbonyl (C=O) groups excluding carboxylic acids is 2. The maximum atomic E-state index is 11.7. The molecule has 1 aromatic rings. The van der Waals surface area contributed by atoms with Crippen LogP contribution in [0.1, 0.15) is 37.0 Å². The van der Waals surface area contributed by atoms with Crippen LogP contribution in [0.3, 0.4) is 0 Å². The lowest BCUT2D eigenvalue weighted by molar-refractivity contribution is -0.117. The van der Waals surface area contributed by atoms with Gasteiger partial charge in [0, 0.05) is 5.69 Å². The summed E-state index contributed by atoms with van der Waals surface area (Å²) in [5, 5.41) is 5.61. The summed E-state index contributed by atoms with van der Waals surface area (Å²) in [6, 6.07) is 6.41. The number of rotatable bonds is 7. The molecular weight excluding hydrogens is 256 g/mol. The largest absolute Gasteiger partial charge is 0.462 e. The highest BCUT2D eigenvalue weighted by atomic mass is 16.5. The number of esters is 1. The van der Waals surface area contributed by atoms with Gasteiger partial charge in [-0.2, -0.15) is 0 Å². The second kappa shape index (κ2) is 8.32. The number of anilines is 1. The molecule has 2 N–H and O–H groups in total. The zero-order valence-corrected chi connectivity index (χ0v) is 12.2. The van der Waals surface area contributed by atoms with Gasteiger partial charge in [0.15, 0.2) is 0 Å². The number of likely N-dealkylation sites (N-methyl/N-ethyl adjacent to an activating group) is 1. The van der Waals surface area contributed by atoms with E-state index in [1.807, 2.05) is 6.92 Å². The highest BCUT2D eigenvalue weighted by molar-refractivity contribution is 5.95. The number of hydrogen-bond donors (Lipinski definition) is 2. The Labute approximate surface area is 119 Å². The summed E-state index contributed by atoms with van der Waals surface area (Å²) < 4.78 is 5.11. The van der Waals surface area contributed by atoms with Crippen LogP contribution >= 0.6 is 0 Å². The van der Waals surface area contributed by atoms with Crippen molar-refractivity contribution in [1.29, 1.82) is 0 Å². The number of amides is 1. The van der Waals surface area contributed by atoms with E-state index >= 15 is 0 Å². The molecule has 0 radical (unpaired) electrons. The van der Waals surface area contributed by atoms with Crippen LogP contribution in [0.2, 0.25) is 0 Å². The van der Waals surface area contributed by atoms with Gasteiger partial charge in [-0.1, -0.05) is 13.3 Å². The van der Waals surface area contributed by atoms with Crippen molar-refractivity contribution in [1.82, 2.24) is 5.32 Å². The Balaban J connectivity index is 2.55. The van der Waals surface area contributed by atoms with Crippen LogP contribution in [0, 0.1) is 0 Å². The average molecular weight is 278 g/mol. The summed E-state index contributed by atoms with van der Waals surface area (Å²) in [6.45, 7) is 4.25. The molecule has 0 aromatic heterocycles. The summed E-state index contributed by atoms with van der Waals surface area (Å²) >= 11 is 0. The molecule has 1 aromatic carbocycles. The summed E-state index contributed by atoms with van der Waals surface area (Å²) in [5.74, 6) is -0.453. The van der Waals surface area contributed by atoms with Gasteiger partial charge < -0.3 is 15.4 Å². The molecule has 1 rings (SSSR count). The van der Waals surface area contributed by atoms with Crippen LogP contribution < -0.4 is 10.6 Å². The predicted octanol–water partition coefficient (Wildman–Crippen LogP) is 2.19. The maximum Gasteiger partial charge on any atom is 0.338 e. The van der Waals surface area contributed by atoms with Gasteiger partial charge >= 0.3 is 5.97 Å². The van der Waals surface area contributed by atoms with Gasteiger partial charge in [-0.15, -0.1) is 0 Å². The van der Waals surface area contributed by atoms with E-state index in [4.69, 9.17) is 4.74 Å². The first-order chi connectivity index (χ1) is 9.58. The van der Waals surface area contributed by atoms with Crippen molar-refractivity contribution < 1.29 is 14.3 Å². The van der Waals surface area contributed by atoms with Gasteiger partial charge in [0.1, 0.15) is 0 Å². The number of unbranched alkanes of at least 4 members (excludes halogenated alkanes) is 1. The fraction of sp³-hybridized carbons (Fsp3) is 0.467. The zero-order chi connectivity index (χ0) is 15.0. The van der Waals surface area contributed by atoms with E-state index in [1.165, 1.54) is 0 Å². The van der Waals surface area contributed by atoms with Crippen LogP contribution in [0.4, 0.5) is 5.69 Å². The normalized spacial score (nSPS) is 11.8. The van der Waals surface area contributed by atoms with E-state index in [0.29, 0.717) is 17.9 Å². The second-order valence-corrected chi connectivity index (χ2v) is 4.57. The van der Waals surface area contributed by atoms with Crippen molar-refractivity contribution in [2.24, 2.45) is 0 Å². The molecule has 20 heavy (non-hydrogen) atoms. The van der Waals surface area contributed by atoms with Crippen molar-refractivity contribution in [3.63, 3.8) is 0 Å². The third-order valence-electron chi connectivity index (χ3n) is 2.95. The highest BCUT2D eigenvalue weighted by Crippen LogP contribution is 2.11. The topological polar surface area (TPSA) is 67.4 Å². The van der Waals surface area contributed by atoms with E-state index in [-0.39, 0.29) is 17.9 Å². The molecule has 1 atom stereocenters. The van der Waals surface area contributed by atoms with Gasteiger partial charge in [-0.3, -0.25) is 4.79 Å². The fourth-order valence-electron chi connectivity index (χ4n) is 1.46. The third kappa shape index (κ3) is 5.01. The Bertz CT molecular complexity index is 443. The Hall–Kier alpha value is -1.88. The Morgan fingerprint density at radius 2 is 1.90 bits per heavy atom. The van der Waals surface area contributed by atoms with Crippen molar-refractivity contribution in [2.75, 3.05) is 19.0 Å². The van der Waals surface area contributed by atoms with E-state index in [0.717, 1.165) is 12.8 Å². The van der Waals surface area contributed by atoms with Crippen LogP contribution in [-0.2, 0) is 9.53 Å². The molecular formula is C15H22N2O3. The zero-order valence-electron chi connectivity index (χ0n) is 12.2. The van der Waals surface area contributed by atoms with Crippen molar-refractivity contribution in [2.45, 2.75) is 32.7 Å². The molecule has 0 bridgehead atoms. The minimum Gasteiger partial charge on any atom is -0.462 e. The van der Waals surface area contributed by atoms with Crippen LogP contribution in [-0.4, -0.2) is 31.6 Å². The molecule has 1 unspecified atom stereocenters. The molecule has 0 aliphatic heterocycles. The van der Waals surface area contributed by atoms with Gasteiger partial charge in [0.2, 0.25) is 5.91 Å². The van der Waals surface area contributed by atoms with Crippen LogP contribution in [0.25, 0.3) is 0 Å². The maximum absolute atomic E-state index is 11.7. The number of ether oxygens (including phenoxy) is 1. The molecule has 0 aliphatic carbocycles. The van der Waals surface area contributed by atoms with E-state index < -0.39 is 0 Å². The van der Waals surface area contributed by atoms with E-state index in [2.05, 4.69) is 10.6 Å². The van der Waals surface area contributed by atoms with Crippen LogP contribution in [0.15, 0.2) is 24.3 Å². The Kier molecular flexibility index (Phi) is 6.73. The molecule has 0 aliphatic rings. The van der Waals surface area contributed by atoms with Crippen molar-refractivity contribution in [3.05, 3.63) is 29.8 Å². The minimum absolute atomic E-state index is 0.120. The monoisotopic (exact) mass is 278 g/mol. The summed E-state index contributed by atoms with van der Waals surface area (Å²) in [6.07, 6.45) is 1.85. The molecule has 5 nitrogen and oxygen atoms in total. The lowest BCUT2D eigenvalue weighted by Crippen LogP contribution is -2.35. The molecule has 0 fully saturated rings. The molecule has 5 heteroatoms. The summed E-state index contributed by atoms with van der Waals surface area (Å²) in [7, 11) is 1.72. The number of benzene rings is 1. The molecule has 1 amide bonds. The van der Waals surface area contributed by atoms with Crippen LogP contribution in [0.5, 0.6) is 0 Å². The Morgan fingerprint density at radius 1 is 1.25 bits per heavy atom. The first kappa shape index (κ1) is 16.2. The fourth-order valence-corrected chi connectivity index (χ4v) is 1.46. The van der Waals surface area contributed by atoms with E-state index in [9.17, 15) is 9.59 Å². The first-order valence-electron chi connectivity index (χ1n) is 6.83. The molecule has 110 valence electrons. The first-order valence-corrected chi connectivity index (χ1v) is 6.83. The van der Waals surface area contributed by atoms with Gasteiger partial charge in [-0.05, 0) is 44.7 Å². The van der Waals surface area contributed by atoms with Crippen molar-refractivity contribution in [3.8, 4) is 0 Å². The van der Waals surface area contributed by atoms with Gasteiger partial charge in [0.25, 0.3) is 0 Å². The molecule has 0 saturated heterocycles. The number of nitrogens with one attached hydrogen (secondary N) is 2. The minimum atomic E-state index is -0.333. The average Bonchev–Trinajstić information content (AvgIpc) is 2.47. The third-order valence-corrected chi connectivity index (χ3v) is 2.95. The smallest absolute Gasteiger partial charge is 0.338 e. The van der Waals surface area contributed by atoms with Gasteiger partial charge in [0.05, 0.1) is 18.2 Å². The summed E-state index contributed by atoms with van der Waals surface area (Å²) in [4.78, 5) is 23.4. The Morgan fingerprint density at radius 3 is 2.45 bits per heavy atom. The molecule has 0 spiro atoms. The number of carbonyl (C=O) groups is 2. The van der Waals surface area contributed by atoms with E-state index in [1.54, 1.807) is 38.2 Å². The predicted molar refractivity (Wildman–Crippen MR) is 78.8 cm³/mol. The molecule has 0 heterocycles. The SMILES string of the molecule is CCCCOC(=O)c1ccc(NC(=O)C(C)NC)cc1. The lowest BCUT2D eigenvalue weighted by atomic mass is 10.2. The second-order valence-electron chi connectivity index (χ2n) is 4.57. The number of hydrogen-bond acceptors (Lipinski definition) is 4. The lowest BCUT2D eigenvalue weighted by Gasteiger charge is -2.11. The summed E-state index contributed by atoms with van der Waals surface area (Å²) in [5.41, 5.74) is 1.14. The quantitative estimate of drug-likeness (QED) is 0.592. The molecule has 0 saturated carbocycles.